The second kappa shape index (κ2) is 9.08. The molecular weight excluding hydrogens is 406 g/mol. The molecule has 0 saturated carbocycles. The number of aryl methyl sites for hydroxylation is 2. The van der Waals surface area contributed by atoms with Crippen LogP contribution in [-0.2, 0) is 0 Å². The average molecular weight is 434 g/mol. The predicted molar refractivity (Wildman–Crippen MR) is 128 cm³/mol. The lowest BCUT2D eigenvalue weighted by Gasteiger charge is -2.24. The van der Waals surface area contributed by atoms with Crippen molar-refractivity contribution in [2.75, 3.05) is 31.1 Å². The Labute approximate surface area is 186 Å². The summed E-state index contributed by atoms with van der Waals surface area (Å²) in [6, 6.07) is 11.9. The highest BCUT2D eigenvalue weighted by Gasteiger charge is 2.24. The summed E-state index contributed by atoms with van der Waals surface area (Å²) in [4.78, 5) is 31.5. The minimum atomic E-state index is -0.168. The Kier molecular flexibility index (Phi) is 6.25. The minimum Gasteiger partial charge on any atom is -0.302 e. The van der Waals surface area contributed by atoms with Gasteiger partial charge >= 0.3 is 0 Å². The third-order valence-electron chi connectivity index (χ3n) is 5.50. The first-order valence-electron chi connectivity index (χ1n) is 10.6. The highest BCUT2D eigenvalue weighted by Crippen LogP contribution is 2.32. The number of hydrogen-bond acceptors (Lipinski definition) is 6. The molecule has 2 aromatic heterocycles. The summed E-state index contributed by atoms with van der Waals surface area (Å²) in [7, 11) is 0. The molecule has 1 amide bonds. The lowest BCUT2D eigenvalue weighted by Crippen LogP contribution is -2.39. The molecule has 0 unspecified atom stereocenters. The van der Waals surface area contributed by atoms with E-state index in [1.54, 1.807) is 22.4 Å². The van der Waals surface area contributed by atoms with Crippen molar-refractivity contribution in [1.82, 2.24) is 19.9 Å². The number of carbonyl (C=O) groups excluding carboxylic acids is 1. The van der Waals surface area contributed by atoms with Crippen LogP contribution in [0, 0.1) is 13.8 Å². The number of anilines is 1. The Balaban J connectivity index is 1.74. The Morgan fingerprint density at radius 3 is 2.48 bits per heavy atom. The number of para-hydroxylation sites is 2. The molecule has 4 rings (SSSR count). The second-order valence-corrected chi connectivity index (χ2v) is 8.66. The molecule has 31 heavy (non-hydrogen) atoms. The van der Waals surface area contributed by atoms with Crippen molar-refractivity contribution < 1.29 is 4.79 Å². The van der Waals surface area contributed by atoms with Crippen molar-refractivity contribution in [1.29, 1.82) is 0 Å². The molecule has 4 aromatic rings. The number of aromatic nitrogens is 3. The van der Waals surface area contributed by atoms with Crippen LogP contribution in [-0.4, -0.2) is 51.9 Å². The molecule has 0 saturated heterocycles. The van der Waals surface area contributed by atoms with Crippen molar-refractivity contribution in [2.24, 2.45) is 0 Å². The topological polar surface area (TPSA) is 62.2 Å². The third-order valence-corrected chi connectivity index (χ3v) is 6.52. The lowest BCUT2D eigenvalue weighted by atomic mass is 10.1. The van der Waals surface area contributed by atoms with Gasteiger partial charge in [0, 0.05) is 13.1 Å². The smallest absolute Gasteiger partial charge is 0.280 e. The lowest BCUT2D eigenvalue weighted by molar-refractivity contribution is 0.0979. The van der Waals surface area contributed by atoms with Crippen LogP contribution in [0.2, 0.25) is 0 Å². The summed E-state index contributed by atoms with van der Waals surface area (Å²) < 4.78 is 1.10. The largest absolute Gasteiger partial charge is 0.302 e. The van der Waals surface area contributed by atoms with E-state index in [4.69, 9.17) is 4.98 Å². The third kappa shape index (κ3) is 4.43. The SMILES string of the molecule is CCN(CC)CCN(C(=O)c1cnc2ccccc2n1)c1nc2c(C)cc(C)cc2s1. The van der Waals surface area contributed by atoms with Gasteiger partial charge in [-0.05, 0) is 56.3 Å². The van der Waals surface area contributed by atoms with Gasteiger partial charge in [0.15, 0.2) is 5.13 Å². The second-order valence-electron chi connectivity index (χ2n) is 7.65. The molecule has 0 spiro atoms. The van der Waals surface area contributed by atoms with Crippen molar-refractivity contribution in [3.8, 4) is 0 Å². The van der Waals surface area contributed by atoms with Gasteiger partial charge in [0.2, 0.25) is 0 Å². The maximum Gasteiger partial charge on any atom is 0.280 e. The van der Waals surface area contributed by atoms with E-state index in [9.17, 15) is 4.79 Å². The normalized spacial score (nSPS) is 11.5. The van der Waals surface area contributed by atoms with E-state index >= 15 is 0 Å². The Morgan fingerprint density at radius 2 is 1.74 bits per heavy atom. The van der Waals surface area contributed by atoms with Crippen LogP contribution in [0.15, 0.2) is 42.6 Å². The molecule has 6 nitrogen and oxygen atoms in total. The molecule has 0 atom stereocenters. The van der Waals surface area contributed by atoms with Gasteiger partial charge in [-0.2, -0.15) is 0 Å². The fraction of sp³-hybridized carbons (Fsp3) is 0.333. The van der Waals surface area contributed by atoms with Gasteiger partial charge in [-0.3, -0.25) is 14.7 Å². The van der Waals surface area contributed by atoms with Crippen LogP contribution in [0.25, 0.3) is 21.3 Å². The zero-order chi connectivity index (χ0) is 22.0. The van der Waals surface area contributed by atoms with Gasteiger partial charge in [0.1, 0.15) is 5.69 Å². The summed E-state index contributed by atoms with van der Waals surface area (Å²) >= 11 is 1.55. The van der Waals surface area contributed by atoms with E-state index in [0.717, 1.165) is 40.9 Å². The number of nitrogens with zero attached hydrogens (tertiary/aromatic N) is 5. The summed E-state index contributed by atoms with van der Waals surface area (Å²) in [5.41, 5.74) is 5.11. The van der Waals surface area contributed by atoms with Crippen LogP contribution in [0.4, 0.5) is 5.13 Å². The molecule has 0 N–H and O–H groups in total. The van der Waals surface area contributed by atoms with Crippen LogP contribution in [0.1, 0.15) is 35.5 Å². The molecule has 160 valence electrons. The minimum absolute atomic E-state index is 0.168. The highest BCUT2D eigenvalue weighted by molar-refractivity contribution is 7.22. The van der Waals surface area contributed by atoms with Gasteiger partial charge in [-0.25, -0.2) is 9.97 Å². The quantitative estimate of drug-likeness (QED) is 0.417. The van der Waals surface area contributed by atoms with E-state index in [1.165, 1.54) is 5.56 Å². The molecule has 0 aliphatic heterocycles. The maximum absolute atomic E-state index is 13.6. The molecule has 2 heterocycles. The van der Waals surface area contributed by atoms with Crippen LogP contribution in [0.3, 0.4) is 0 Å². The van der Waals surface area contributed by atoms with E-state index in [2.05, 4.69) is 54.7 Å². The Hall–Kier alpha value is -2.90. The Morgan fingerprint density at radius 1 is 1.00 bits per heavy atom. The summed E-state index contributed by atoms with van der Waals surface area (Å²) in [5.74, 6) is -0.168. The van der Waals surface area contributed by atoms with Crippen molar-refractivity contribution in [3.63, 3.8) is 0 Å². The first kappa shape index (κ1) is 21.3. The number of fused-ring (bicyclic) bond motifs is 2. The zero-order valence-corrected chi connectivity index (χ0v) is 19.2. The standard InChI is InChI=1S/C24H27N5OS/c1-5-28(6-2)11-12-29(24-27-22-17(4)13-16(3)14-21(22)31-24)23(30)20-15-25-18-9-7-8-10-19(18)26-20/h7-10,13-15H,5-6,11-12H2,1-4H3. The maximum atomic E-state index is 13.6. The fourth-order valence-corrected chi connectivity index (χ4v) is 4.90. The van der Waals surface area contributed by atoms with E-state index in [1.807, 2.05) is 24.3 Å². The van der Waals surface area contributed by atoms with E-state index in [0.29, 0.717) is 22.9 Å². The van der Waals surface area contributed by atoms with E-state index < -0.39 is 0 Å². The molecule has 7 heteroatoms. The van der Waals surface area contributed by atoms with Crippen LogP contribution in [0.5, 0.6) is 0 Å². The molecule has 2 aromatic carbocycles. The van der Waals surface area contributed by atoms with Gasteiger partial charge in [-0.15, -0.1) is 0 Å². The fourth-order valence-electron chi connectivity index (χ4n) is 3.74. The number of benzene rings is 2. The summed E-state index contributed by atoms with van der Waals surface area (Å²) in [5, 5.41) is 0.704. The number of thiazole rings is 1. The van der Waals surface area contributed by atoms with Gasteiger partial charge < -0.3 is 4.90 Å². The van der Waals surface area contributed by atoms with Gasteiger partial charge in [0.25, 0.3) is 5.91 Å². The van der Waals surface area contributed by atoms with Crippen molar-refractivity contribution in [2.45, 2.75) is 27.7 Å². The van der Waals surface area contributed by atoms with Crippen molar-refractivity contribution in [3.05, 3.63) is 59.4 Å². The number of hydrogen-bond donors (Lipinski definition) is 0. The molecule has 0 aliphatic rings. The van der Waals surface area contributed by atoms with Gasteiger partial charge in [0.05, 0.1) is 27.4 Å². The van der Waals surface area contributed by atoms with Crippen LogP contribution < -0.4 is 4.90 Å². The average Bonchev–Trinajstić information content (AvgIpc) is 3.20. The first-order chi connectivity index (χ1) is 15.0. The first-order valence-corrected chi connectivity index (χ1v) is 11.5. The number of rotatable bonds is 7. The number of likely N-dealkylation sites (N-methyl/N-ethyl adjacent to an activating group) is 1. The molecule has 0 radical (unpaired) electrons. The zero-order valence-electron chi connectivity index (χ0n) is 18.4. The monoisotopic (exact) mass is 433 g/mol. The summed E-state index contributed by atoms with van der Waals surface area (Å²) in [6.45, 7) is 11.6. The van der Waals surface area contributed by atoms with E-state index in [-0.39, 0.29) is 5.91 Å². The molecule has 0 fully saturated rings. The highest BCUT2D eigenvalue weighted by atomic mass is 32.1. The van der Waals surface area contributed by atoms with Crippen molar-refractivity contribution >= 4 is 43.6 Å². The molecular formula is C24H27N5OS. The Bertz CT molecular complexity index is 1230. The molecule has 0 aliphatic carbocycles. The molecule has 0 bridgehead atoms. The number of carbonyl (C=O) groups is 1. The number of amides is 1. The summed E-state index contributed by atoms with van der Waals surface area (Å²) in [6.07, 6.45) is 1.57. The predicted octanol–water partition coefficient (Wildman–Crippen LogP) is 4.84. The van der Waals surface area contributed by atoms with Gasteiger partial charge in [-0.1, -0.05) is 43.4 Å². The van der Waals surface area contributed by atoms with Crippen LogP contribution >= 0.6 is 11.3 Å².